The second-order valence-electron chi connectivity index (χ2n) is 7.48. The van der Waals surface area contributed by atoms with Gasteiger partial charge in [-0.2, -0.15) is 0 Å². The standard InChI is InChI=1S/C23H23N3O5S/c1-30-23(29)20-14-8-4-2-3-5-11-18(14)32-21(20)26-19(27)13-31-22(28)17-12-24-15-9-6-7-10-16(15)25-17/h6-7,9-10,12H,2-5,8,11,13H2,1H3,(H,26,27). The Labute approximate surface area is 189 Å². The lowest BCUT2D eigenvalue weighted by molar-refractivity contribution is -0.119. The number of amides is 1. The topological polar surface area (TPSA) is 107 Å². The third-order valence-electron chi connectivity index (χ3n) is 5.31. The number of thiophene rings is 1. The van der Waals surface area contributed by atoms with Gasteiger partial charge in [-0.15, -0.1) is 11.3 Å². The normalized spacial score (nSPS) is 13.5. The molecule has 2 heterocycles. The van der Waals surface area contributed by atoms with E-state index in [0.29, 0.717) is 21.6 Å². The van der Waals surface area contributed by atoms with Crippen molar-refractivity contribution in [3.8, 4) is 0 Å². The predicted molar refractivity (Wildman–Crippen MR) is 120 cm³/mol. The Hall–Kier alpha value is -3.33. The minimum atomic E-state index is -0.745. The van der Waals surface area contributed by atoms with Crippen molar-refractivity contribution in [3.05, 3.63) is 52.2 Å². The number of esters is 2. The number of hydrogen-bond acceptors (Lipinski definition) is 8. The molecule has 166 valence electrons. The lowest BCUT2D eigenvalue weighted by atomic mass is 9.96. The zero-order chi connectivity index (χ0) is 22.5. The molecule has 0 radical (unpaired) electrons. The average Bonchev–Trinajstić information content (AvgIpc) is 3.12. The molecule has 0 atom stereocenters. The monoisotopic (exact) mass is 453 g/mol. The molecule has 32 heavy (non-hydrogen) atoms. The molecule has 1 N–H and O–H groups in total. The van der Waals surface area contributed by atoms with E-state index >= 15 is 0 Å². The summed E-state index contributed by atoms with van der Waals surface area (Å²) in [5.74, 6) is -1.75. The van der Waals surface area contributed by atoms with E-state index in [9.17, 15) is 14.4 Å². The van der Waals surface area contributed by atoms with Gasteiger partial charge in [0.15, 0.2) is 12.3 Å². The van der Waals surface area contributed by atoms with E-state index in [0.717, 1.165) is 49.0 Å². The molecule has 0 saturated heterocycles. The van der Waals surface area contributed by atoms with E-state index in [4.69, 9.17) is 9.47 Å². The van der Waals surface area contributed by atoms with Crippen LogP contribution in [0, 0.1) is 0 Å². The number of carbonyl (C=O) groups is 3. The molecule has 0 unspecified atom stereocenters. The number of anilines is 1. The second kappa shape index (κ2) is 9.86. The molecule has 0 bridgehead atoms. The molecule has 1 aliphatic rings. The van der Waals surface area contributed by atoms with Crippen LogP contribution < -0.4 is 5.32 Å². The summed E-state index contributed by atoms with van der Waals surface area (Å²) in [4.78, 5) is 46.8. The van der Waals surface area contributed by atoms with Crippen LogP contribution in [0.3, 0.4) is 0 Å². The number of benzene rings is 1. The number of para-hydroxylation sites is 2. The first kappa shape index (κ1) is 21.9. The molecular formula is C23H23N3O5S. The Morgan fingerprint density at radius 2 is 1.78 bits per heavy atom. The molecular weight excluding hydrogens is 430 g/mol. The maximum absolute atomic E-state index is 12.5. The van der Waals surface area contributed by atoms with Gasteiger partial charge >= 0.3 is 11.9 Å². The maximum Gasteiger partial charge on any atom is 0.359 e. The summed E-state index contributed by atoms with van der Waals surface area (Å²) in [6.07, 6.45) is 7.28. The lowest BCUT2D eigenvalue weighted by Crippen LogP contribution is -2.22. The van der Waals surface area contributed by atoms with Crippen LogP contribution in [0.2, 0.25) is 0 Å². The summed E-state index contributed by atoms with van der Waals surface area (Å²) in [6, 6.07) is 7.15. The largest absolute Gasteiger partial charge is 0.465 e. The highest BCUT2D eigenvalue weighted by Gasteiger charge is 2.26. The first-order valence-electron chi connectivity index (χ1n) is 10.5. The summed E-state index contributed by atoms with van der Waals surface area (Å²) in [6.45, 7) is -0.503. The van der Waals surface area contributed by atoms with Crippen LogP contribution in [0.15, 0.2) is 30.5 Å². The van der Waals surface area contributed by atoms with Crippen molar-refractivity contribution in [3.63, 3.8) is 0 Å². The van der Waals surface area contributed by atoms with Crippen molar-refractivity contribution in [2.45, 2.75) is 38.5 Å². The zero-order valence-corrected chi connectivity index (χ0v) is 18.5. The van der Waals surface area contributed by atoms with Crippen molar-refractivity contribution in [2.24, 2.45) is 0 Å². The van der Waals surface area contributed by atoms with Crippen molar-refractivity contribution in [1.29, 1.82) is 0 Å². The summed E-state index contributed by atoms with van der Waals surface area (Å²) >= 11 is 1.39. The fraction of sp³-hybridized carbons (Fsp3) is 0.348. The van der Waals surface area contributed by atoms with E-state index in [2.05, 4.69) is 15.3 Å². The number of nitrogens with one attached hydrogen (secondary N) is 1. The molecule has 4 rings (SSSR count). The third kappa shape index (κ3) is 4.77. The van der Waals surface area contributed by atoms with Crippen molar-refractivity contribution >= 4 is 45.2 Å². The minimum Gasteiger partial charge on any atom is -0.465 e. The second-order valence-corrected chi connectivity index (χ2v) is 8.59. The van der Waals surface area contributed by atoms with E-state index in [-0.39, 0.29) is 5.69 Å². The molecule has 8 nitrogen and oxygen atoms in total. The number of carbonyl (C=O) groups excluding carboxylic acids is 3. The van der Waals surface area contributed by atoms with Crippen molar-refractivity contribution < 1.29 is 23.9 Å². The molecule has 3 aromatic rings. The summed E-state index contributed by atoms with van der Waals surface area (Å²) in [7, 11) is 1.33. The number of nitrogens with zero attached hydrogens (tertiary/aromatic N) is 2. The lowest BCUT2D eigenvalue weighted by Gasteiger charge is -2.11. The van der Waals surface area contributed by atoms with Crippen molar-refractivity contribution in [1.82, 2.24) is 9.97 Å². The van der Waals surface area contributed by atoms with E-state index in [1.807, 2.05) is 6.07 Å². The molecule has 0 saturated carbocycles. The molecule has 0 spiro atoms. The molecule has 1 amide bonds. The van der Waals surface area contributed by atoms with Crippen LogP contribution in [0.1, 0.15) is 57.0 Å². The van der Waals surface area contributed by atoms with Gasteiger partial charge in [-0.05, 0) is 43.4 Å². The average molecular weight is 454 g/mol. The zero-order valence-electron chi connectivity index (χ0n) is 17.7. The number of rotatable bonds is 5. The Bertz CT molecular complexity index is 1170. The van der Waals surface area contributed by atoms with Gasteiger partial charge in [0.05, 0.1) is 29.9 Å². The molecule has 9 heteroatoms. The third-order valence-corrected chi connectivity index (χ3v) is 6.51. The number of fused-ring (bicyclic) bond motifs is 2. The SMILES string of the molecule is COC(=O)c1c(NC(=O)COC(=O)c2cnc3ccccc3n2)sc2c1CCCCCC2. The summed E-state index contributed by atoms with van der Waals surface area (Å²) in [5.41, 5.74) is 2.61. The Morgan fingerprint density at radius 3 is 2.56 bits per heavy atom. The smallest absolute Gasteiger partial charge is 0.359 e. The first-order chi connectivity index (χ1) is 15.6. The Balaban J connectivity index is 1.45. The van der Waals surface area contributed by atoms with Crippen LogP contribution in [-0.4, -0.2) is 41.5 Å². The van der Waals surface area contributed by atoms with Crippen LogP contribution in [0.5, 0.6) is 0 Å². The van der Waals surface area contributed by atoms with E-state index in [1.165, 1.54) is 24.6 Å². The van der Waals surface area contributed by atoms with Crippen LogP contribution in [-0.2, 0) is 27.1 Å². The first-order valence-corrected chi connectivity index (χ1v) is 11.3. The Kier molecular flexibility index (Phi) is 6.75. The highest BCUT2D eigenvalue weighted by Crippen LogP contribution is 2.37. The van der Waals surface area contributed by atoms with Crippen molar-refractivity contribution in [2.75, 3.05) is 19.0 Å². The van der Waals surface area contributed by atoms with Gasteiger partial charge in [0.2, 0.25) is 0 Å². The fourth-order valence-corrected chi connectivity index (χ4v) is 5.04. The van der Waals surface area contributed by atoms with E-state index < -0.39 is 24.5 Å². The fourth-order valence-electron chi connectivity index (χ4n) is 3.75. The Morgan fingerprint density at radius 1 is 1.03 bits per heavy atom. The highest BCUT2D eigenvalue weighted by atomic mass is 32.1. The predicted octanol–water partition coefficient (Wildman–Crippen LogP) is 3.93. The number of aromatic nitrogens is 2. The molecule has 0 aliphatic heterocycles. The molecule has 2 aromatic heterocycles. The summed E-state index contributed by atoms with van der Waals surface area (Å²) in [5, 5.41) is 3.17. The number of aryl methyl sites for hydroxylation is 1. The van der Waals surface area contributed by atoms with Gasteiger partial charge in [-0.1, -0.05) is 25.0 Å². The number of hydrogen-bond donors (Lipinski definition) is 1. The van der Waals surface area contributed by atoms with Crippen LogP contribution in [0.25, 0.3) is 11.0 Å². The highest BCUT2D eigenvalue weighted by molar-refractivity contribution is 7.17. The van der Waals surface area contributed by atoms with Gasteiger partial charge < -0.3 is 14.8 Å². The van der Waals surface area contributed by atoms with Gasteiger partial charge in [0.1, 0.15) is 5.00 Å². The number of methoxy groups -OCH3 is 1. The number of ether oxygens (including phenoxy) is 2. The molecule has 1 aromatic carbocycles. The van der Waals surface area contributed by atoms with Gasteiger partial charge in [-0.3, -0.25) is 9.78 Å². The van der Waals surface area contributed by atoms with E-state index in [1.54, 1.807) is 18.2 Å². The van der Waals surface area contributed by atoms with Crippen LogP contribution >= 0.6 is 11.3 Å². The van der Waals surface area contributed by atoms with Gasteiger partial charge in [0, 0.05) is 4.88 Å². The van der Waals surface area contributed by atoms with Crippen LogP contribution in [0.4, 0.5) is 5.00 Å². The minimum absolute atomic E-state index is 0.0193. The van der Waals surface area contributed by atoms with Gasteiger partial charge in [-0.25, -0.2) is 14.6 Å². The maximum atomic E-state index is 12.5. The summed E-state index contributed by atoms with van der Waals surface area (Å²) < 4.78 is 10.1. The molecule has 0 fully saturated rings. The van der Waals surface area contributed by atoms with Gasteiger partial charge in [0.25, 0.3) is 5.91 Å². The molecule has 1 aliphatic carbocycles. The quantitative estimate of drug-likeness (QED) is 0.583.